The Morgan fingerprint density at radius 3 is 2.55 bits per heavy atom. The number of nitrogens with zero attached hydrogens (tertiary/aromatic N) is 2. The molecule has 0 atom stereocenters. The summed E-state index contributed by atoms with van der Waals surface area (Å²) >= 11 is 17.4. The highest BCUT2D eigenvalue weighted by Crippen LogP contribution is 2.28. The zero-order chi connectivity index (χ0) is 14.7. The van der Waals surface area contributed by atoms with Crippen molar-refractivity contribution >= 4 is 46.8 Å². The molecule has 2 aromatic rings. The summed E-state index contributed by atoms with van der Waals surface area (Å²) in [6.45, 7) is 0. The van der Waals surface area contributed by atoms with Crippen molar-refractivity contribution in [3.05, 3.63) is 45.0 Å². The van der Waals surface area contributed by atoms with Crippen LogP contribution >= 0.6 is 34.8 Å². The van der Waals surface area contributed by atoms with Crippen molar-refractivity contribution in [2.24, 2.45) is 5.10 Å². The number of aromatic hydroxyl groups is 2. The fraction of sp³-hybridized carbons (Fsp3) is 0. The van der Waals surface area contributed by atoms with Gasteiger partial charge < -0.3 is 10.2 Å². The Morgan fingerprint density at radius 1 is 1.10 bits per heavy atom. The molecule has 20 heavy (non-hydrogen) atoms. The number of nitrogens with one attached hydrogen (secondary N) is 1. The van der Waals surface area contributed by atoms with Gasteiger partial charge in [-0.1, -0.05) is 34.8 Å². The molecule has 0 aliphatic heterocycles. The maximum atomic E-state index is 9.56. The highest BCUT2D eigenvalue weighted by atomic mass is 35.5. The predicted molar refractivity (Wildman–Crippen MR) is 80.3 cm³/mol. The molecule has 5 nitrogen and oxygen atoms in total. The van der Waals surface area contributed by atoms with E-state index in [1.807, 2.05) is 0 Å². The summed E-state index contributed by atoms with van der Waals surface area (Å²) in [7, 11) is 0. The largest absolute Gasteiger partial charge is 0.508 e. The van der Waals surface area contributed by atoms with Crippen LogP contribution in [0.15, 0.2) is 29.4 Å². The molecule has 0 unspecified atom stereocenters. The normalized spacial score (nSPS) is 10.9. The summed E-state index contributed by atoms with van der Waals surface area (Å²) in [6, 6.07) is 5.56. The first-order valence-electron chi connectivity index (χ1n) is 5.30. The number of anilines is 1. The van der Waals surface area contributed by atoms with Crippen LogP contribution in [0.3, 0.4) is 0 Å². The number of hydrogen-bond acceptors (Lipinski definition) is 5. The number of phenols is 2. The molecule has 0 aliphatic carbocycles. The number of rotatable bonds is 3. The molecular weight excluding hydrogens is 325 g/mol. The summed E-state index contributed by atoms with van der Waals surface area (Å²) < 4.78 is 0. The van der Waals surface area contributed by atoms with Gasteiger partial charge in [0.15, 0.2) is 5.82 Å². The SMILES string of the molecule is Oc1ccc(C=NNc2nc(Cl)c(Cl)cc2Cl)c(O)c1. The first-order valence-corrected chi connectivity index (χ1v) is 6.43. The van der Waals surface area contributed by atoms with Crippen LogP contribution in [0.5, 0.6) is 11.5 Å². The monoisotopic (exact) mass is 331 g/mol. The second kappa shape index (κ2) is 6.17. The van der Waals surface area contributed by atoms with Crippen molar-refractivity contribution in [1.29, 1.82) is 0 Å². The second-order valence-electron chi connectivity index (χ2n) is 3.70. The average molecular weight is 333 g/mol. The Balaban J connectivity index is 2.16. The highest BCUT2D eigenvalue weighted by molar-refractivity contribution is 6.42. The minimum Gasteiger partial charge on any atom is -0.508 e. The molecule has 0 saturated carbocycles. The van der Waals surface area contributed by atoms with Crippen molar-refractivity contribution < 1.29 is 10.2 Å². The van der Waals surface area contributed by atoms with Crippen LogP contribution < -0.4 is 5.43 Å². The summed E-state index contributed by atoms with van der Waals surface area (Å²) in [5, 5.41) is 23.2. The first-order chi connectivity index (χ1) is 9.47. The van der Waals surface area contributed by atoms with Gasteiger partial charge in [0.1, 0.15) is 16.7 Å². The van der Waals surface area contributed by atoms with Gasteiger partial charge in [-0.2, -0.15) is 5.10 Å². The molecule has 0 radical (unpaired) electrons. The molecule has 0 aliphatic rings. The molecule has 2 rings (SSSR count). The van der Waals surface area contributed by atoms with E-state index in [0.717, 1.165) is 0 Å². The molecule has 1 aromatic carbocycles. The number of benzene rings is 1. The molecule has 8 heteroatoms. The van der Waals surface area contributed by atoms with Gasteiger partial charge in [-0.25, -0.2) is 4.98 Å². The summed E-state index contributed by atoms with van der Waals surface area (Å²) in [4.78, 5) is 3.91. The van der Waals surface area contributed by atoms with Gasteiger partial charge in [0.25, 0.3) is 0 Å². The van der Waals surface area contributed by atoms with E-state index in [9.17, 15) is 5.11 Å². The van der Waals surface area contributed by atoms with E-state index in [2.05, 4.69) is 15.5 Å². The van der Waals surface area contributed by atoms with Crippen molar-refractivity contribution in [1.82, 2.24) is 4.98 Å². The number of hydrogen-bond donors (Lipinski definition) is 3. The van der Waals surface area contributed by atoms with E-state index in [0.29, 0.717) is 5.56 Å². The first kappa shape index (κ1) is 14.7. The third-order valence-corrected chi connectivity index (χ3v) is 3.24. The van der Waals surface area contributed by atoms with Gasteiger partial charge in [0.05, 0.1) is 16.3 Å². The minimum atomic E-state index is -0.108. The molecule has 1 heterocycles. The third-order valence-electron chi connectivity index (χ3n) is 2.27. The van der Waals surface area contributed by atoms with E-state index in [4.69, 9.17) is 39.9 Å². The van der Waals surface area contributed by atoms with Gasteiger partial charge in [0.2, 0.25) is 0 Å². The number of aromatic nitrogens is 1. The standard InChI is InChI=1S/C12H8Cl3N3O2/c13-8-4-9(14)12(17-11(8)15)18-16-5-6-1-2-7(19)3-10(6)20/h1-5,19-20H,(H,17,18). The van der Waals surface area contributed by atoms with Crippen LogP contribution in [0.25, 0.3) is 0 Å². The molecule has 0 spiro atoms. The minimum absolute atomic E-state index is 0.0400. The number of hydrazone groups is 1. The molecule has 0 amide bonds. The van der Waals surface area contributed by atoms with Gasteiger partial charge in [-0.15, -0.1) is 0 Å². The van der Waals surface area contributed by atoms with E-state index < -0.39 is 0 Å². The molecule has 3 N–H and O–H groups in total. The Labute approximate surface area is 129 Å². The maximum Gasteiger partial charge on any atom is 0.166 e. The van der Waals surface area contributed by atoms with E-state index >= 15 is 0 Å². The van der Waals surface area contributed by atoms with E-state index in [1.54, 1.807) is 0 Å². The Kier molecular flexibility index (Phi) is 4.54. The lowest BCUT2D eigenvalue weighted by molar-refractivity contribution is 0.450. The van der Waals surface area contributed by atoms with Gasteiger partial charge >= 0.3 is 0 Å². The van der Waals surface area contributed by atoms with Crippen LogP contribution in [-0.2, 0) is 0 Å². The van der Waals surface area contributed by atoms with Gasteiger partial charge in [-0.05, 0) is 18.2 Å². The summed E-state index contributed by atoms with van der Waals surface area (Å²) in [5.74, 6) is 0.0844. The van der Waals surface area contributed by atoms with Crippen molar-refractivity contribution in [3.63, 3.8) is 0 Å². The fourth-order valence-electron chi connectivity index (χ4n) is 1.33. The second-order valence-corrected chi connectivity index (χ2v) is 4.88. The topological polar surface area (TPSA) is 77.7 Å². The van der Waals surface area contributed by atoms with E-state index in [-0.39, 0.29) is 32.5 Å². The smallest absolute Gasteiger partial charge is 0.166 e. The number of phenolic OH excluding ortho intramolecular Hbond substituents is 2. The highest BCUT2D eigenvalue weighted by Gasteiger charge is 2.07. The van der Waals surface area contributed by atoms with Crippen LogP contribution in [0.4, 0.5) is 5.82 Å². The fourth-order valence-corrected chi connectivity index (χ4v) is 1.87. The average Bonchev–Trinajstić information content (AvgIpc) is 2.38. The lowest BCUT2D eigenvalue weighted by atomic mass is 10.2. The predicted octanol–water partition coefficient (Wildman–Crippen LogP) is 3.90. The lowest BCUT2D eigenvalue weighted by Gasteiger charge is -2.04. The number of halogens is 3. The van der Waals surface area contributed by atoms with Gasteiger partial charge in [-0.3, -0.25) is 5.43 Å². The lowest BCUT2D eigenvalue weighted by Crippen LogP contribution is -1.95. The summed E-state index contributed by atoms with van der Waals surface area (Å²) in [5.41, 5.74) is 2.99. The quantitative estimate of drug-likeness (QED) is 0.452. The maximum absolute atomic E-state index is 9.56. The number of pyridine rings is 1. The van der Waals surface area contributed by atoms with Crippen LogP contribution in [0, 0.1) is 0 Å². The third kappa shape index (κ3) is 3.45. The Morgan fingerprint density at radius 2 is 1.85 bits per heavy atom. The van der Waals surface area contributed by atoms with Crippen LogP contribution in [0.1, 0.15) is 5.56 Å². The Bertz CT molecular complexity index is 677. The van der Waals surface area contributed by atoms with Crippen molar-refractivity contribution in [3.8, 4) is 11.5 Å². The summed E-state index contributed by atoms with van der Waals surface area (Å²) in [6.07, 6.45) is 1.34. The molecular formula is C12H8Cl3N3O2. The molecule has 1 aromatic heterocycles. The van der Waals surface area contributed by atoms with Crippen LogP contribution in [-0.4, -0.2) is 21.4 Å². The van der Waals surface area contributed by atoms with Crippen LogP contribution in [0.2, 0.25) is 15.2 Å². The van der Waals surface area contributed by atoms with Gasteiger partial charge in [0, 0.05) is 11.6 Å². The molecule has 0 fully saturated rings. The van der Waals surface area contributed by atoms with Crippen molar-refractivity contribution in [2.45, 2.75) is 0 Å². The van der Waals surface area contributed by atoms with E-state index in [1.165, 1.54) is 30.5 Å². The molecule has 104 valence electrons. The molecule has 0 saturated heterocycles. The molecule has 0 bridgehead atoms. The Hall–Kier alpha value is -1.69. The zero-order valence-corrected chi connectivity index (χ0v) is 12.1. The zero-order valence-electron chi connectivity index (χ0n) is 9.81. The van der Waals surface area contributed by atoms with Crippen molar-refractivity contribution in [2.75, 3.05) is 5.43 Å².